The number of cyclic esters (lactones) is 1. The summed E-state index contributed by atoms with van der Waals surface area (Å²) in [4.78, 5) is 28.0. The van der Waals surface area contributed by atoms with Crippen LogP contribution in [0.4, 0.5) is 0 Å². The summed E-state index contributed by atoms with van der Waals surface area (Å²) < 4.78 is 11.0. The van der Waals surface area contributed by atoms with Crippen molar-refractivity contribution in [3.05, 3.63) is 30.2 Å². The van der Waals surface area contributed by atoms with E-state index in [0.29, 0.717) is 12.8 Å². The SMILES string of the molecule is O=C1CC(=O)OC(CC#Cc2ccc3ocnc3c2)(C2CCCC2)C1. The van der Waals surface area contributed by atoms with E-state index in [-0.39, 0.29) is 18.1 Å². The van der Waals surface area contributed by atoms with Crippen LogP contribution in [-0.2, 0) is 14.3 Å². The number of oxazole rings is 1. The van der Waals surface area contributed by atoms with Crippen molar-refractivity contribution in [2.45, 2.75) is 50.5 Å². The van der Waals surface area contributed by atoms with E-state index in [1.54, 1.807) is 0 Å². The third-order valence-electron chi connectivity index (χ3n) is 5.20. The van der Waals surface area contributed by atoms with Crippen molar-refractivity contribution in [3.63, 3.8) is 0 Å². The summed E-state index contributed by atoms with van der Waals surface area (Å²) >= 11 is 0. The maximum Gasteiger partial charge on any atom is 0.313 e. The molecule has 0 N–H and O–H groups in total. The largest absolute Gasteiger partial charge is 0.457 e. The summed E-state index contributed by atoms with van der Waals surface area (Å²) in [5, 5.41) is 0. The number of carbonyl (C=O) groups is 2. The minimum atomic E-state index is -0.742. The molecule has 5 nitrogen and oxygen atoms in total. The van der Waals surface area contributed by atoms with Gasteiger partial charge in [-0.1, -0.05) is 24.7 Å². The fourth-order valence-electron chi connectivity index (χ4n) is 4.01. The molecule has 0 radical (unpaired) electrons. The quantitative estimate of drug-likeness (QED) is 0.477. The van der Waals surface area contributed by atoms with Gasteiger partial charge in [-0.15, -0.1) is 0 Å². The molecular weight excluding hydrogens is 318 g/mol. The lowest BCUT2D eigenvalue weighted by Gasteiger charge is -2.39. The number of nitrogens with zero attached hydrogens (tertiary/aromatic N) is 1. The molecule has 5 heteroatoms. The lowest BCUT2D eigenvalue weighted by atomic mass is 9.77. The summed E-state index contributed by atoms with van der Waals surface area (Å²) in [6.07, 6.45) is 6.21. The summed E-state index contributed by atoms with van der Waals surface area (Å²) in [5.41, 5.74) is 1.57. The van der Waals surface area contributed by atoms with Gasteiger partial charge < -0.3 is 9.15 Å². The minimum absolute atomic E-state index is 0.0334. The molecule has 0 amide bonds. The molecule has 1 saturated heterocycles. The average molecular weight is 337 g/mol. The summed E-state index contributed by atoms with van der Waals surface area (Å²) in [5.74, 6) is 6.05. The van der Waals surface area contributed by atoms with Crippen molar-refractivity contribution < 1.29 is 18.7 Å². The Morgan fingerprint density at radius 2 is 2.08 bits per heavy atom. The molecule has 0 bridgehead atoms. The van der Waals surface area contributed by atoms with Gasteiger partial charge in [0, 0.05) is 17.9 Å². The Labute approximate surface area is 145 Å². The third-order valence-corrected chi connectivity index (χ3v) is 5.20. The highest BCUT2D eigenvalue weighted by molar-refractivity contribution is 5.98. The summed E-state index contributed by atoms with van der Waals surface area (Å²) in [6, 6.07) is 5.58. The predicted octanol–water partition coefficient (Wildman–Crippen LogP) is 3.40. The van der Waals surface area contributed by atoms with Gasteiger partial charge in [0.15, 0.2) is 12.0 Å². The number of aromatic nitrogens is 1. The normalized spacial score (nSPS) is 24.2. The second kappa shape index (κ2) is 6.36. The molecule has 128 valence electrons. The van der Waals surface area contributed by atoms with Crippen LogP contribution in [0.2, 0.25) is 0 Å². The molecule has 4 rings (SSSR count). The maximum atomic E-state index is 12.0. The van der Waals surface area contributed by atoms with E-state index in [1.807, 2.05) is 18.2 Å². The second-order valence-corrected chi connectivity index (χ2v) is 6.93. The molecular formula is C20H19NO4. The van der Waals surface area contributed by atoms with E-state index in [9.17, 15) is 9.59 Å². The van der Waals surface area contributed by atoms with Crippen molar-refractivity contribution in [1.82, 2.24) is 4.98 Å². The zero-order valence-electron chi connectivity index (χ0n) is 13.9. The first kappa shape index (κ1) is 15.9. The van der Waals surface area contributed by atoms with Gasteiger partial charge in [-0.25, -0.2) is 4.98 Å². The first-order chi connectivity index (χ1) is 12.1. The highest BCUT2D eigenvalue weighted by Gasteiger charge is 2.47. The van der Waals surface area contributed by atoms with E-state index in [0.717, 1.165) is 42.3 Å². The van der Waals surface area contributed by atoms with Crippen molar-refractivity contribution in [1.29, 1.82) is 0 Å². The molecule has 1 saturated carbocycles. The van der Waals surface area contributed by atoms with Gasteiger partial charge in [0.25, 0.3) is 0 Å². The maximum absolute atomic E-state index is 12.0. The van der Waals surface area contributed by atoms with Crippen LogP contribution < -0.4 is 0 Å². The van der Waals surface area contributed by atoms with Crippen LogP contribution in [0.15, 0.2) is 29.0 Å². The highest BCUT2D eigenvalue weighted by Crippen LogP contribution is 2.43. The van der Waals surface area contributed by atoms with Crippen molar-refractivity contribution in [2.24, 2.45) is 5.92 Å². The monoisotopic (exact) mass is 337 g/mol. The fourth-order valence-corrected chi connectivity index (χ4v) is 4.01. The van der Waals surface area contributed by atoms with Crippen LogP contribution in [-0.4, -0.2) is 22.3 Å². The average Bonchev–Trinajstić information content (AvgIpc) is 3.25. The topological polar surface area (TPSA) is 69.4 Å². The molecule has 1 aromatic carbocycles. The molecule has 1 unspecified atom stereocenters. The van der Waals surface area contributed by atoms with Crippen molar-refractivity contribution >= 4 is 22.9 Å². The molecule has 1 atom stereocenters. The Balaban J connectivity index is 1.58. The zero-order valence-corrected chi connectivity index (χ0v) is 13.9. The fraction of sp³-hybridized carbons (Fsp3) is 0.450. The van der Waals surface area contributed by atoms with Crippen LogP contribution in [0.1, 0.15) is 50.5 Å². The number of fused-ring (bicyclic) bond motifs is 1. The van der Waals surface area contributed by atoms with Gasteiger partial charge in [0.2, 0.25) is 0 Å². The van der Waals surface area contributed by atoms with Gasteiger partial charge in [0.05, 0.1) is 6.42 Å². The minimum Gasteiger partial charge on any atom is -0.457 e. The number of hydrogen-bond donors (Lipinski definition) is 0. The molecule has 2 aromatic rings. The molecule has 1 aliphatic carbocycles. The van der Waals surface area contributed by atoms with Crippen LogP contribution in [0, 0.1) is 17.8 Å². The van der Waals surface area contributed by atoms with Crippen LogP contribution in [0.3, 0.4) is 0 Å². The van der Waals surface area contributed by atoms with E-state index < -0.39 is 11.6 Å². The van der Waals surface area contributed by atoms with Gasteiger partial charge in [-0.05, 0) is 31.0 Å². The van der Waals surface area contributed by atoms with E-state index in [2.05, 4.69) is 16.8 Å². The summed E-state index contributed by atoms with van der Waals surface area (Å²) in [6.45, 7) is 0. The Morgan fingerprint density at radius 3 is 2.88 bits per heavy atom. The van der Waals surface area contributed by atoms with Crippen molar-refractivity contribution in [3.8, 4) is 11.8 Å². The second-order valence-electron chi connectivity index (χ2n) is 6.93. The van der Waals surface area contributed by atoms with Gasteiger partial charge >= 0.3 is 5.97 Å². The smallest absolute Gasteiger partial charge is 0.313 e. The van der Waals surface area contributed by atoms with E-state index >= 15 is 0 Å². The molecule has 2 heterocycles. The van der Waals surface area contributed by atoms with Crippen LogP contribution >= 0.6 is 0 Å². The zero-order chi connectivity index (χ0) is 17.3. The predicted molar refractivity (Wildman–Crippen MR) is 90.5 cm³/mol. The van der Waals surface area contributed by atoms with Gasteiger partial charge in [-0.3, -0.25) is 9.59 Å². The number of ketones is 1. The van der Waals surface area contributed by atoms with E-state index in [1.165, 1.54) is 6.39 Å². The molecule has 2 aliphatic rings. The van der Waals surface area contributed by atoms with Gasteiger partial charge in [-0.2, -0.15) is 0 Å². The first-order valence-electron chi connectivity index (χ1n) is 8.70. The number of esters is 1. The molecule has 0 spiro atoms. The summed E-state index contributed by atoms with van der Waals surface area (Å²) in [7, 11) is 0. The highest BCUT2D eigenvalue weighted by atomic mass is 16.6. The molecule has 2 fully saturated rings. The number of carbonyl (C=O) groups excluding carboxylic acids is 2. The Morgan fingerprint density at radius 1 is 1.24 bits per heavy atom. The van der Waals surface area contributed by atoms with Crippen LogP contribution in [0.25, 0.3) is 11.1 Å². The Hall–Kier alpha value is -2.61. The standard InChI is InChI=1S/C20H19NO4/c22-16-11-19(23)25-20(12-16,15-5-1-2-6-15)9-3-4-14-7-8-18-17(10-14)21-13-24-18/h7-8,10,13,15H,1-2,5-6,9,11-12H2. The number of benzene rings is 1. The number of Topliss-reactive ketones (excluding diaryl/α,β-unsaturated/α-hetero) is 1. The third kappa shape index (κ3) is 3.17. The van der Waals surface area contributed by atoms with Crippen molar-refractivity contribution in [2.75, 3.05) is 0 Å². The van der Waals surface area contributed by atoms with Crippen LogP contribution in [0.5, 0.6) is 0 Å². The van der Waals surface area contributed by atoms with E-state index in [4.69, 9.17) is 9.15 Å². The molecule has 1 aromatic heterocycles. The number of rotatable bonds is 2. The lowest BCUT2D eigenvalue weighted by molar-refractivity contribution is -0.176. The molecule has 25 heavy (non-hydrogen) atoms. The number of ether oxygens (including phenoxy) is 1. The van der Waals surface area contributed by atoms with Gasteiger partial charge in [0.1, 0.15) is 23.3 Å². The first-order valence-corrected chi connectivity index (χ1v) is 8.70. The Kier molecular flexibility index (Phi) is 4.04. The number of hydrogen-bond acceptors (Lipinski definition) is 5. The molecule has 1 aliphatic heterocycles. The lowest BCUT2D eigenvalue weighted by Crippen LogP contribution is -2.47. The Bertz CT molecular complexity index is 864.